The van der Waals surface area contributed by atoms with Gasteiger partial charge in [0.25, 0.3) is 0 Å². The van der Waals surface area contributed by atoms with Gasteiger partial charge in [-0.15, -0.1) is 11.3 Å². The Kier molecular flexibility index (Phi) is 2.32. The van der Waals surface area contributed by atoms with Crippen LogP contribution in [0.15, 0.2) is 29.8 Å². The van der Waals surface area contributed by atoms with Crippen LogP contribution in [-0.4, -0.2) is 4.98 Å². The lowest BCUT2D eigenvalue weighted by Gasteiger charge is -2.17. The van der Waals surface area contributed by atoms with Gasteiger partial charge in [0.2, 0.25) is 0 Å². The molecule has 2 heteroatoms. The Balaban J connectivity index is 2.28. The van der Waals surface area contributed by atoms with Crippen molar-refractivity contribution in [1.82, 2.24) is 4.98 Å². The van der Waals surface area contributed by atoms with E-state index in [0.717, 1.165) is 5.01 Å². The highest BCUT2D eigenvalue weighted by Crippen LogP contribution is 2.28. The molecular formula is C11H13NS. The third kappa shape index (κ3) is 1.73. The van der Waals surface area contributed by atoms with Gasteiger partial charge >= 0.3 is 0 Å². The van der Waals surface area contributed by atoms with Crippen molar-refractivity contribution >= 4 is 16.9 Å². The van der Waals surface area contributed by atoms with Gasteiger partial charge in [0.1, 0.15) is 5.01 Å². The fourth-order valence-electron chi connectivity index (χ4n) is 1.43. The highest BCUT2D eigenvalue weighted by atomic mass is 32.1. The summed E-state index contributed by atoms with van der Waals surface area (Å²) in [5, 5.41) is 3.15. The van der Waals surface area contributed by atoms with E-state index in [0.29, 0.717) is 11.8 Å². The first-order valence-corrected chi connectivity index (χ1v) is 5.45. The first kappa shape index (κ1) is 8.70. The maximum absolute atomic E-state index is 4.30. The van der Waals surface area contributed by atoms with Crippen molar-refractivity contribution in [3.8, 4) is 0 Å². The van der Waals surface area contributed by atoms with E-state index in [2.05, 4.69) is 37.1 Å². The van der Waals surface area contributed by atoms with Gasteiger partial charge in [-0.1, -0.05) is 32.1 Å². The molecule has 0 saturated carbocycles. The van der Waals surface area contributed by atoms with E-state index in [-0.39, 0.29) is 0 Å². The predicted octanol–water partition coefficient (Wildman–Crippen LogP) is 3.37. The molecule has 1 aromatic rings. The van der Waals surface area contributed by atoms with E-state index >= 15 is 0 Å². The minimum Gasteiger partial charge on any atom is -0.245 e. The van der Waals surface area contributed by atoms with E-state index in [1.165, 1.54) is 5.57 Å². The van der Waals surface area contributed by atoms with Gasteiger partial charge in [-0.2, -0.15) is 0 Å². The predicted molar refractivity (Wildman–Crippen MR) is 57.6 cm³/mol. The molecule has 0 N–H and O–H groups in total. The molecule has 0 radical (unpaired) electrons. The summed E-state index contributed by atoms with van der Waals surface area (Å²) in [4.78, 5) is 4.30. The van der Waals surface area contributed by atoms with Crippen LogP contribution in [0.3, 0.4) is 0 Å². The zero-order chi connectivity index (χ0) is 9.26. The van der Waals surface area contributed by atoms with Crippen molar-refractivity contribution in [2.45, 2.75) is 13.8 Å². The number of rotatable bonds is 1. The van der Waals surface area contributed by atoms with Crippen LogP contribution >= 0.6 is 11.3 Å². The fourth-order valence-corrected chi connectivity index (χ4v) is 2.07. The van der Waals surface area contributed by atoms with Gasteiger partial charge in [0.15, 0.2) is 0 Å². The smallest absolute Gasteiger partial charge is 0.122 e. The fraction of sp³-hybridized carbons (Fsp3) is 0.364. The number of hydrogen-bond donors (Lipinski definition) is 0. The minimum absolute atomic E-state index is 0.629. The molecule has 1 heterocycles. The van der Waals surface area contributed by atoms with E-state index in [1.807, 2.05) is 11.6 Å². The molecule has 1 aliphatic carbocycles. The van der Waals surface area contributed by atoms with Gasteiger partial charge in [0, 0.05) is 17.2 Å². The Bertz CT molecular complexity index is 335. The standard InChI is InChI=1S/C11H13NS/c1-8-3-4-10(7-9(8)2)11-12-5-6-13-11/h3-9H,1-2H3. The third-order valence-electron chi connectivity index (χ3n) is 2.53. The first-order valence-electron chi connectivity index (χ1n) is 4.57. The number of thiazole rings is 1. The molecule has 1 aromatic heterocycles. The van der Waals surface area contributed by atoms with E-state index in [9.17, 15) is 0 Å². The average Bonchev–Trinajstić information content (AvgIpc) is 2.62. The summed E-state index contributed by atoms with van der Waals surface area (Å²) in [7, 11) is 0. The number of hydrogen-bond acceptors (Lipinski definition) is 2. The van der Waals surface area contributed by atoms with Gasteiger partial charge in [-0.25, -0.2) is 4.98 Å². The lowest BCUT2D eigenvalue weighted by atomic mass is 9.89. The Morgan fingerprint density at radius 2 is 2.15 bits per heavy atom. The zero-order valence-corrected chi connectivity index (χ0v) is 8.71. The van der Waals surface area contributed by atoms with Crippen molar-refractivity contribution in [2.75, 3.05) is 0 Å². The quantitative estimate of drug-likeness (QED) is 0.663. The molecule has 13 heavy (non-hydrogen) atoms. The second-order valence-electron chi connectivity index (χ2n) is 3.54. The SMILES string of the molecule is CC1C=CC(c2nccs2)=CC1C. The molecule has 0 saturated heterocycles. The molecule has 1 aliphatic rings. The summed E-state index contributed by atoms with van der Waals surface area (Å²) >= 11 is 1.70. The monoisotopic (exact) mass is 191 g/mol. The minimum atomic E-state index is 0.629. The summed E-state index contributed by atoms with van der Waals surface area (Å²) in [6.45, 7) is 4.50. The van der Waals surface area contributed by atoms with E-state index in [1.54, 1.807) is 11.3 Å². The van der Waals surface area contributed by atoms with Gasteiger partial charge in [0.05, 0.1) is 0 Å². The summed E-state index contributed by atoms with van der Waals surface area (Å²) < 4.78 is 0. The van der Waals surface area contributed by atoms with Crippen molar-refractivity contribution < 1.29 is 0 Å². The summed E-state index contributed by atoms with van der Waals surface area (Å²) in [6.07, 6.45) is 8.62. The van der Waals surface area contributed by atoms with Gasteiger partial charge < -0.3 is 0 Å². The van der Waals surface area contributed by atoms with Crippen molar-refractivity contribution in [3.05, 3.63) is 34.8 Å². The van der Waals surface area contributed by atoms with Crippen LogP contribution in [-0.2, 0) is 0 Å². The molecule has 0 bridgehead atoms. The molecule has 1 nitrogen and oxygen atoms in total. The number of nitrogens with zero attached hydrogens (tertiary/aromatic N) is 1. The van der Waals surface area contributed by atoms with Gasteiger partial charge in [-0.05, 0) is 11.8 Å². The molecule has 0 amide bonds. The van der Waals surface area contributed by atoms with Crippen LogP contribution in [0, 0.1) is 11.8 Å². The molecule has 68 valence electrons. The van der Waals surface area contributed by atoms with Gasteiger partial charge in [-0.3, -0.25) is 0 Å². The summed E-state index contributed by atoms with van der Waals surface area (Å²) in [5.74, 6) is 1.28. The summed E-state index contributed by atoms with van der Waals surface area (Å²) in [6, 6.07) is 0. The zero-order valence-electron chi connectivity index (χ0n) is 7.90. The van der Waals surface area contributed by atoms with Crippen LogP contribution in [0.4, 0.5) is 0 Å². The molecule has 0 aromatic carbocycles. The van der Waals surface area contributed by atoms with Crippen molar-refractivity contribution in [2.24, 2.45) is 11.8 Å². The van der Waals surface area contributed by atoms with Crippen LogP contribution < -0.4 is 0 Å². The second-order valence-corrected chi connectivity index (χ2v) is 4.43. The molecule has 2 unspecified atom stereocenters. The molecule has 2 rings (SSSR count). The molecule has 2 atom stereocenters. The lowest BCUT2D eigenvalue weighted by molar-refractivity contribution is 0.554. The molecule has 0 fully saturated rings. The van der Waals surface area contributed by atoms with Crippen LogP contribution in [0.5, 0.6) is 0 Å². The topological polar surface area (TPSA) is 12.9 Å². The first-order chi connectivity index (χ1) is 6.27. The maximum Gasteiger partial charge on any atom is 0.122 e. The molecule has 0 spiro atoms. The second kappa shape index (κ2) is 3.46. The largest absolute Gasteiger partial charge is 0.245 e. The average molecular weight is 191 g/mol. The Hall–Kier alpha value is -0.890. The normalized spacial score (nSPS) is 27.4. The van der Waals surface area contributed by atoms with Crippen molar-refractivity contribution in [3.63, 3.8) is 0 Å². The highest BCUT2D eigenvalue weighted by molar-refractivity contribution is 7.10. The van der Waals surface area contributed by atoms with Crippen LogP contribution in [0.25, 0.3) is 5.57 Å². The third-order valence-corrected chi connectivity index (χ3v) is 3.35. The van der Waals surface area contributed by atoms with Crippen molar-refractivity contribution in [1.29, 1.82) is 0 Å². The molecular weight excluding hydrogens is 178 g/mol. The summed E-state index contributed by atoms with van der Waals surface area (Å²) in [5.41, 5.74) is 1.28. The highest BCUT2D eigenvalue weighted by Gasteiger charge is 2.13. The number of allylic oxidation sites excluding steroid dienone is 4. The Morgan fingerprint density at radius 3 is 2.77 bits per heavy atom. The molecule has 0 aliphatic heterocycles. The lowest BCUT2D eigenvalue weighted by Crippen LogP contribution is -2.06. The number of aromatic nitrogens is 1. The van der Waals surface area contributed by atoms with E-state index in [4.69, 9.17) is 0 Å². The Labute approximate surface area is 82.8 Å². The Morgan fingerprint density at radius 1 is 1.31 bits per heavy atom. The maximum atomic E-state index is 4.30. The van der Waals surface area contributed by atoms with Crippen LogP contribution in [0.2, 0.25) is 0 Å². The van der Waals surface area contributed by atoms with Crippen LogP contribution in [0.1, 0.15) is 18.9 Å². The van der Waals surface area contributed by atoms with E-state index < -0.39 is 0 Å².